The van der Waals surface area contributed by atoms with E-state index in [4.69, 9.17) is 9.47 Å². The number of ether oxygens (including phenoxy) is 2. The molecule has 1 aliphatic rings. The van der Waals surface area contributed by atoms with Crippen LogP contribution in [0, 0.1) is 11.7 Å². The summed E-state index contributed by atoms with van der Waals surface area (Å²) in [6, 6.07) is 16.7. The molecule has 0 bridgehead atoms. The number of aliphatic hydroxyl groups is 1. The second kappa shape index (κ2) is 11.1. The van der Waals surface area contributed by atoms with Crippen molar-refractivity contribution in [3.8, 4) is 23.0 Å². The Balaban J connectivity index is 1.56. The fourth-order valence-corrected chi connectivity index (χ4v) is 5.29. The molecule has 1 saturated heterocycles. The summed E-state index contributed by atoms with van der Waals surface area (Å²) in [6.07, 6.45) is 2.38. The van der Waals surface area contributed by atoms with E-state index in [2.05, 4.69) is 0 Å². The minimum atomic E-state index is -3.34. The maximum atomic E-state index is 13.3. The highest BCUT2D eigenvalue weighted by molar-refractivity contribution is 7.90. The van der Waals surface area contributed by atoms with E-state index in [1.165, 1.54) is 36.4 Å². The predicted molar refractivity (Wildman–Crippen MR) is 142 cm³/mol. The number of hydrogen-bond acceptors (Lipinski definition) is 6. The van der Waals surface area contributed by atoms with Crippen molar-refractivity contribution in [2.24, 2.45) is 5.92 Å². The van der Waals surface area contributed by atoms with Crippen molar-refractivity contribution in [2.45, 2.75) is 43.6 Å². The summed E-state index contributed by atoms with van der Waals surface area (Å²) in [5, 5.41) is 10.9. The molecule has 0 spiro atoms. The van der Waals surface area contributed by atoms with Gasteiger partial charge in [-0.25, -0.2) is 12.8 Å². The summed E-state index contributed by atoms with van der Waals surface area (Å²) < 4.78 is 48.7. The van der Waals surface area contributed by atoms with E-state index in [1.807, 2.05) is 13.8 Å². The van der Waals surface area contributed by atoms with Crippen molar-refractivity contribution >= 4 is 15.7 Å². The standard InChI is InChI=1S/C29H32FNO6S/c1-20(2)18-29(33)12-13-31(19-29)28(32)16-21-14-25(36-23-6-4-22(30)5-7-23)17-26(15-21)37-24-8-10-27(11-9-24)38(3,34)35/h4-11,14-15,17,20,33H,12-13,16,18-19H2,1-3H3. The Bertz CT molecular complexity index is 1390. The molecule has 0 aromatic heterocycles. The molecule has 1 unspecified atom stereocenters. The monoisotopic (exact) mass is 541 g/mol. The fraction of sp³-hybridized carbons (Fsp3) is 0.345. The number of amides is 1. The van der Waals surface area contributed by atoms with Crippen LogP contribution >= 0.6 is 0 Å². The smallest absolute Gasteiger partial charge is 0.227 e. The molecule has 0 radical (unpaired) electrons. The van der Waals surface area contributed by atoms with E-state index in [1.54, 1.807) is 35.2 Å². The zero-order valence-electron chi connectivity index (χ0n) is 21.7. The van der Waals surface area contributed by atoms with Gasteiger partial charge >= 0.3 is 0 Å². The van der Waals surface area contributed by atoms with Gasteiger partial charge in [0.2, 0.25) is 5.91 Å². The third kappa shape index (κ3) is 7.33. The molecule has 1 heterocycles. The first kappa shape index (κ1) is 27.6. The lowest BCUT2D eigenvalue weighted by Gasteiger charge is -2.25. The quantitative estimate of drug-likeness (QED) is 0.392. The Hall–Kier alpha value is -3.43. The zero-order valence-corrected chi connectivity index (χ0v) is 22.5. The third-order valence-electron chi connectivity index (χ3n) is 6.31. The van der Waals surface area contributed by atoms with Gasteiger partial charge in [-0.2, -0.15) is 0 Å². The first-order valence-corrected chi connectivity index (χ1v) is 14.3. The van der Waals surface area contributed by atoms with Crippen LogP contribution in [-0.2, 0) is 21.1 Å². The Kier molecular flexibility index (Phi) is 8.08. The van der Waals surface area contributed by atoms with Crippen molar-refractivity contribution in [3.63, 3.8) is 0 Å². The number of halogens is 1. The molecule has 0 aliphatic carbocycles. The minimum absolute atomic E-state index is 0.0712. The number of carbonyl (C=O) groups excluding carboxylic acids is 1. The molecule has 1 aliphatic heterocycles. The molecule has 3 aromatic rings. The first-order chi connectivity index (χ1) is 17.9. The Morgan fingerprint density at radius 3 is 2.05 bits per heavy atom. The maximum absolute atomic E-state index is 13.3. The third-order valence-corrected chi connectivity index (χ3v) is 7.43. The lowest BCUT2D eigenvalue weighted by atomic mass is 9.92. The highest BCUT2D eigenvalue weighted by atomic mass is 32.2. The van der Waals surface area contributed by atoms with Crippen LogP contribution in [0.4, 0.5) is 4.39 Å². The summed E-state index contributed by atoms with van der Waals surface area (Å²) in [4.78, 5) is 15.0. The topological polar surface area (TPSA) is 93.1 Å². The molecule has 4 rings (SSSR count). The van der Waals surface area contributed by atoms with Gasteiger partial charge in [0.05, 0.1) is 16.9 Å². The summed E-state index contributed by atoms with van der Waals surface area (Å²) >= 11 is 0. The molecule has 1 N–H and O–H groups in total. The number of likely N-dealkylation sites (tertiary alicyclic amines) is 1. The van der Waals surface area contributed by atoms with Crippen LogP contribution in [0.5, 0.6) is 23.0 Å². The first-order valence-electron chi connectivity index (χ1n) is 12.4. The number of rotatable bonds is 9. The van der Waals surface area contributed by atoms with Crippen molar-refractivity contribution in [2.75, 3.05) is 19.3 Å². The van der Waals surface area contributed by atoms with Gasteiger partial charge < -0.3 is 19.5 Å². The number of benzene rings is 3. The van der Waals surface area contributed by atoms with Crippen LogP contribution in [0.3, 0.4) is 0 Å². The van der Waals surface area contributed by atoms with Gasteiger partial charge in [-0.05, 0) is 85.0 Å². The Morgan fingerprint density at radius 1 is 0.974 bits per heavy atom. The molecule has 3 aromatic carbocycles. The van der Waals surface area contributed by atoms with Crippen molar-refractivity contribution in [1.29, 1.82) is 0 Å². The van der Waals surface area contributed by atoms with Gasteiger partial charge in [-0.15, -0.1) is 0 Å². The number of β-amino-alcohol motifs (C(OH)–C–C–N with tert-alkyl or cyclic N) is 1. The van der Waals surface area contributed by atoms with E-state index in [9.17, 15) is 22.7 Å². The lowest BCUT2D eigenvalue weighted by Crippen LogP contribution is -2.37. The van der Waals surface area contributed by atoms with Crippen molar-refractivity contribution in [1.82, 2.24) is 4.90 Å². The van der Waals surface area contributed by atoms with E-state index in [0.29, 0.717) is 60.4 Å². The highest BCUT2D eigenvalue weighted by Gasteiger charge is 2.38. The average Bonchev–Trinajstić information content (AvgIpc) is 3.21. The number of hydrogen-bond donors (Lipinski definition) is 1. The fourth-order valence-electron chi connectivity index (χ4n) is 4.66. The van der Waals surface area contributed by atoms with Crippen LogP contribution < -0.4 is 9.47 Å². The molecule has 9 heteroatoms. The van der Waals surface area contributed by atoms with E-state index >= 15 is 0 Å². The number of sulfone groups is 1. The molecular weight excluding hydrogens is 509 g/mol. The molecular formula is C29H32FNO6S. The summed E-state index contributed by atoms with van der Waals surface area (Å²) in [5.74, 6) is 1.41. The van der Waals surface area contributed by atoms with Gasteiger partial charge in [0.25, 0.3) is 0 Å². The molecule has 1 atom stereocenters. The minimum Gasteiger partial charge on any atom is -0.457 e. The second-order valence-corrected chi connectivity index (χ2v) is 12.3. The van der Waals surface area contributed by atoms with Crippen molar-refractivity contribution < 1.29 is 32.2 Å². The van der Waals surface area contributed by atoms with E-state index < -0.39 is 15.4 Å². The van der Waals surface area contributed by atoms with E-state index in [-0.39, 0.29) is 23.0 Å². The second-order valence-electron chi connectivity index (χ2n) is 10.3. The molecule has 7 nitrogen and oxygen atoms in total. The molecule has 38 heavy (non-hydrogen) atoms. The molecule has 1 amide bonds. The van der Waals surface area contributed by atoms with Crippen LogP contribution in [0.1, 0.15) is 32.3 Å². The molecule has 202 valence electrons. The van der Waals surface area contributed by atoms with Crippen LogP contribution in [0.25, 0.3) is 0 Å². The van der Waals surface area contributed by atoms with Gasteiger partial charge in [0, 0.05) is 25.4 Å². The summed E-state index contributed by atoms with van der Waals surface area (Å²) in [5.41, 5.74) is -0.235. The lowest BCUT2D eigenvalue weighted by molar-refractivity contribution is -0.130. The largest absolute Gasteiger partial charge is 0.457 e. The predicted octanol–water partition coefficient (Wildman–Crippen LogP) is 5.37. The SMILES string of the molecule is CC(C)CC1(O)CCN(C(=O)Cc2cc(Oc3ccc(F)cc3)cc(Oc3ccc(S(C)(=O)=O)cc3)c2)C1. The van der Waals surface area contributed by atoms with Crippen LogP contribution in [0.2, 0.25) is 0 Å². The highest BCUT2D eigenvalue weighted by Crippen LogP contribution is 2.32. The number of carbonyl (C=O) groups is 1. The van der Waals surface area contributed by atoms with Gasteiger partial charge in [-0.1, -0.05) is 13.8 Å². The van der Waals surface area contributed by atoms with Gasteiger partial charge in [0.1, 0.15) is 28.8 Å². The summed E-state index contributed by atoms with van der Waals surface area (Å²) in [6.45, 7) is 4.88. The normalized spacial score (nSPS) is 17.6. The van der Waals surface area contributed by atoms with Crippen molar-refractivity contribution in [3.05, 3.63) is 78.1 Å². The summed E-state index contributed by atoms with van der Waals surface area (Å²) in [7, 11) is -3.34. The Labute approximate surface area is 222 Å². The molecule has 1 fully saturated rings. The average molecular weight is 542 g/mol. The molecule has 0 saturated carbocycles. The van der Waals surface area contributed by atoms with E-state index in [0.717, 1.165) is 6.26 Å². The van der Waals surface area contributed by atoms with Crippen LogP contribution in [0.15, 0.2) is 71.6 Å². The number of nitrogens with zero attached hydrogens (tertiary/aromatic N) is 1. The van der Waals surface area contributed by atoms with Crippen LogP contribution in [-0.4, -0.2) is 49.3 Å². The Morgan fingerprint density at radius 2 is 1.53 bits per heavy atom. The van der Waals surface area contributed by atoms with Gasteiger partial charge in [0.15, 0.2) is 9.84 Å². The van der Waals surface area contributed by atoms with Gasteiger partial charge in [-0.3, -0.25) is 4.79 Å². The zero-order chi connectivity index (χ0) is 27.5. The maximum Gasteiger partial charge on any atom is 0.227 e.